The average Bonchev–Trinajstić information content (AvgIpc) is 2.63. The maximum atomic E-state index is 13.7. The molecule has 0 atom stereocenters. The van der Waals surface area contributed by atoms with Crippen molar-refractivity contribution in [1.82, 2.24) is 4.98 Å². The number of para-hydroxylation sites is 1. The van der Waals surface area contributed by atoms with Crippen molar-refractivity contribution in [2.24, 2.45) is 0 Å². The van der Waals surface area contributed by atoms with Gasteiger partial charge in [-0.05, 0) is 41.3 Å². The molecule has 0 unspecified atom stereocenters. The molecule has 0 saturated carbocycles. The van der Waals surface area contributed by atoms with E-state index in [4.69, 9.17) is 0 Å². The molecule has 0 aliphatic carbocycles. The highest BCUT2D eigenvalue weighted by Gasteiger charge is 2.17. The molecule has 0 spiro atoms. The van der Waals surface area contributed by atoms with Crippen molar-refractivity contribution in [2.75, 3.05) is 10.6 Å². The van der Waals surface area contributed by atoms with Crippen LogP contribution in [0.2, 0.25) is 0 Å². The number of nitrogens with zero attached hydrogens (tertiary/aromatic N) is 1. The van der Waals surface area contributed by atoms with Gasteiger partial charge in [0.15, 0.2) is 0 Å². The minimum absolute atomic E-state index is 0.00111. The van der Waals surface area contributed by atoms with E-state index in [1.165, 1.54) is 17.7 Å². The van der Waals surface area contributed by atoms with E-state index in [2.05, 4.69) is 42.5 Å². The molecule has 1 aromatic heterocycles. The molecule has 0 radical (unpaired) electrons. The Hall–Kier alpha value is -3.21. The summed E-state index contributed by atoms with van der Waals surface area (Å²) in [6.07, 6.45) is 1.54. The number of halogens is 1. The predicted molar refractivity (Wildman–Crippen MR) is 107 cm³/mol. The van der Waals surface area contributed by atoms with Gasteiger partial charge in [-0.1, -0.05) is 51.1 Å². The molecule has 2 N–H and O–H groups in total. The van der Waals surface area contributed by atoms with E-state index in [1.807, 2.05) is 18.2 Å². The van der Waals surface area contributed by atoms with E-state index in [0.717, 1.165) is 5.69 Å². The Bertz CT molecular complexity index is 946. The normalized spacial score (nSPS) is 11.1. The zero-order valence-corrected chi connectivity index (χ0v) is 15.6. The van der Waals surface area contributed by atoms with Crippen LogP contribution in [0.4, 0.5) is 21.6 Å². The lowest BCUT2D eigenvalue weighted by Crippen LogP contribution is -2.14. The quantitative estimate of drug-likeness (QED) is 0.642. The van der Waals surface area contributed by atoms with Crippen molar-refractivity contribution >= 4 is 23.1 Å². The van der Waals surface area contributed by atoms with Crippen molar-refractivity contribution in [3.8, 4) is 0 Å². The molecule has 0 bridgehead atoms. The van der Waals surface area contributed by atoms with Gasteiger partial charge in [-0.25, -0.2) is 9.37 Å². The summed E-state index contributed by atoms with van der Waals surface area (Å²) < 4.78 is 13.7. The van der Waals surface area contributed by atoms with Crippen LogP contribution in [0.15, 0.2) is 66.9 Å². The predicted octanol–water partition coefficient (Wildman–Crippen LogP) is 5.51. The Morgan fingerprint density at radius 2 is 1.67 bits per heavy atom. The molecular weight excluding hydrogens is 341 g/mol. The van der Waals surface area contributed by atoms with Gasteiger partial charge in [0.05, 0.1) is 17.4 Å². The monoisotopic (exact) mass is 363 g/mol. The highest BCUT2D eigenvalue weighted by atomic mass is 19.1. The second kappa shape index (κ2) is 7.58. The first-order valence-corrected chi connectivity index (χ1v) is 8.73. The van der Waals surface area contributed by atoms with E-state index in [1.54, 1.807) is 30.5 Å². The molecule has 0 fully saturated rings. The van der Waals surface area contributed by atoms with Gasteiger partial charge < -0.3 is 10.6 Å². The summed E-state index contributed by atoms with van der Waals surface area (Å²) in [6.45, 7) is 6.47. The van der Waals surface area contributed by atoms with Gasteiger partial charge in [-0.15, -0.1) is 0 Å². The molecule has 0 saturated heterocycles. The van der Waals surface area contributed by atoms with Crippen LogP contribution in [-0.2, 0) is 5.41 Å². The van der Waals surface area contributed by atoms with Gasteiger partial charge in [0, 0.05) is 5.69 Å². The minimum atomic E-state index is -0.556. The van der Waals surface area contributed by atoms with Gasteiger partial charge >= 0.3 is 0 Å². The van der Waals surface area contributed by atoms with Crippen LogP contribution in [-0.4, -0.2) is 10.9 Å². The topological polar surface area (TPSA) is 54.0 Å². The lowest BCUT2D eigenvalue weighted by atomic mass is 9.86. The molecule has 27 heavy (non-hydrogen) atoms. The van der Waals surface area contributed by atoms with Crippen LogP contribution >= 0.6 is 0 Å². The van der Waals surface area contributed by atoms with Gasteiger partial charge in [0.25, 0.3) is 5.91 Å². The molecule has 0 aliphatic heterocycles. The summed E-state index contributed by atoms with van der Waals surface area (Å²) in [5.74, 6) is -0.399. The summed E-state index contributed by atoms with van der Waals surface area (Å²) in [5, 5.41) is 5.97. The van der Waals surface area contributed by atoms with E-state index in [0.29, 0.717) is 11.5 Å². The van der Waals surface area contributed by atoms with Gasteiger partial charge in [-0.2, -0.15) is 0 Å². The summed E-state index contributed by atoms with van der Waals surface area (Å²) >= 11 is 0. The fourth-order valence-electron chi connectivity index (χ4n) is 2.77. The smallest absolute Gasteiger partial charge is 0.258 e. The Kier molecular flexibility index (Phi) is 5.21. The van der Waals surface area contributed by atoms with Crippen molar-refractivity contribution < 1.29 is 9.18 Å². The van der Waals surface area contributed by atoms with Crippen LogP contribution in [0.25, 0.3) is 0 Å². The molecule has 2 aromatic carbocycles. The van der Waals surface area contributed by atoms with Crippen molar-refractivity contribution in [3.05, 3.63) is 83.8 Å². The maximum absolute atomic E-state index is 13.7. The van der Waals surface area contributed by atoms with Crippen molar-refractivity contribution in [2.45, 2.75) is 26.2 Å². The van der Waals surface area contributed by atoms with Crippen LogP contribution in [0.3, 0.4) is 0 Å². The fourth-order valence-corrected chi connectivity index (χ4v) is 2.77. The molecule has 3 aromatic rings. The molecule has 5 heteroatoms. The first kappa shape index (κ1) is 18.6. The molecule has 1 amide bonds. The fraction of sp³-hybridized carbons (Fsp3) is 0.182. The zero-order chi connectivity index (χ0) is 19.4. The third-order valence-electron chi connectivity index (χ3n) is 4.14. The molecule has 138 valence electrons. The SMILES string of the molecule is CC(C)(C)c1ccccc1Nc1ccc(NC(=O)c2ccccc2F)cn1. The van der Waals surface area contributed by atoms with Crippen LogP contribution in [0, 0.1) is 5.82 Å². The van der Waals surface area contributed by atoms with Crippen LogP contribution in [0.5, 0.6) is 0 Å². The summed E-state index contributed by atoms with van der Waals surface area (Å²) in [6, 6.07) is 17.5. The largest absolute Gasteiger partial charge is 0.340 e. The number of benzene rings is 2. The Labute approximate surface area is 158 Å². The first-order chi connectivity index (χ1) is 12.8. The Morgan fingerprint density at radius 1 is 0.963 bits per heavy atom. The standard InChI is InChI=1S/C22H22FN3O/c1-22(2,3)17-9-5-7-11-19(17)26-20-13-12-15(14-24-20)25-21(27)16-8-4-6-10-18(16)23/h4-14H,1-3H3,(H,24,26)(H,25,27). The second-order valence-electron chi connectivity index (χ2n) is 7.29. The number of amides is 1. The molecular formula is C22H22FN3O. The number of carbonyl (C=O) groups excluding carboxylic acids is 1. The highest BCUT2D eigenvalue weighted by molar-refractivity contribution is 6.04. The number of aromatic nitrogens is 1. The Balaban J connectivity index is 1.73. The van der Waals surface area contributed by atoms with Gasteiger partial charge in [-0.3, -0.25) is 4.79 Å². The van der Waals surface area contributed by atoms with Crippen molar-refractivity contribution in [1.29, 1.82) is 0 Å². The number of hydrogen-bond acceptors (Lipinski definition) is 3. The number of nitrogens with one attached hydrogen (secondary N) is 2. The van der Waals surface area contributed by atoms with Gasteiger partial charge in [0.2, 0.25) is 0 Å². The van der Waals surface area contributed by atoms with E-state index in [9.17, 15) is 9.18 Å². The van der Waals surface area contributed by atoms with E-state index in [-0.39, 0.29) is 11.0 Å². The Morgan fingerprint density at radius 3 is 2.33 bits per heavy atom. The van der Waals surface area contributed by atoms with Crippen molar-refractivity contribution in [3.63, 3.8) is 0 Å². The number of hydrogen-bond donors (Lipinski definition) is 2. The highest BCUT2D eigenvalue weighted by Crippen LogP contribution is 2.31. The van der Waals surface area contributed by atoms with E-state index < -0.39 is 11.7 Å². The molecule has 0 aliphatic rings. The average molecular weight is 363 g/mol. The zero-order valence-electron chi connectivity index (χ0n) is 15.6. The number of carbonyl (C=O) groups is 1. The lowest BCUT2D eigenvalue weighted by Gasteiger charge is -2.23. The summed E-state index contributed by atoms with van der Waals surface area (Å²) in [5.41, 5.74) is 2.66. The summed E-state index contributed by atoms with van der Waals surface area (Å²) in [4.78, 5) is 16.5. The third kappa shape index (κ3) is 4.50. The number of anilines is 3. The molecule has 3 rings (SSSR count). The third-order valence-corrected chi connectivity index (χ3v) is 4.14. The maximum Gasteiger partial charge on any atom is 0.258 e. The summed E-state index contributed by atoms with van der Waals surface area (Å²) in [7, 11) is 0. The molecule has 1 heterocycles. The first-order valence-electron chi connectivity index (χ1n) is 8.73. The van der Waals surface area contributed by atoms with Gasteiger partial charge in [0.1, 0.15) is 11.6 Å². The lowest BCUT2D eigenvalue weighted by molar-refractivity contribution is 0.102. The molecule has 4 nitrogen and oxygen atoms in total. The number of rotatable bonds is 4. The van der Waals surface area contributed by atoms with E-state index >= 15 is 0 Å². The minimum Gasteiger partial charge on any atom is -0.340 e. The second-order valence-corrected chi connectivity index (χ2v) is 7.29. The van der Waals surface area contributed by atoms with Crippen LogP contribution < -0.4 is 10.6 Å². The van der Waals surface area contributed by atoms with Crippen LogP contribution in [0.1, 0.15) is 36.7 Å². The number of pyridine rings is 1.